The van der Waals surface area contributed by atoms with Gasteiger partial charge in [-0.15, -0.1) is 0 Å². The Hall–Kier alpha value is -8.24. The van der Waals surface area contributed by atoms with Crippen LogP contribution in [0.25, 0.3) is 0 Å². The molecule has 4 N–H and O–H groups in total. The maximum atomic E-state index is 14.2. The third-order valence-electron chi connectivity index (χ3n) is 11.2. The molecule has 4 aromatic carbocycles. The third kappa shape index (κ3) is 12.6. The smallest absolute Gasteiger partial charge is 0.419 e. The number of nitrogens with zero attached hydrogens (tertiary/aromatic N) is 4. The van der Waals surface area contributed by atoms with Crippen LogP contribution < -0.4 is 40.2 Å². The van der Waals surface area contributed by atoms with E-state index in [1.165, 1.54) is 74.0 Å². The minimum absolute atomic E-state index is 0.0160. The first kappa shape index (κ1) is 51.2. The molecule has 70 heavy (non-hydrogen) atoms. The summed E-state index contributed by atoms with van der Waals surface area (Å²) in [6.07, 6.45) is -3.60. The van der Waals surface area contributed by atoms with Crippen LogP contribution >= 0.6 is 0 Å². The zero-order valence-electron chi connectivity index (χ0n) is 39.4. The van der Waals surface area contributed by atoms with Crippen LogP contribution in [0, 0.1) is 0 Å². The van der Waals surface area contributed by atoms with Crippen LogP contribution in [-0.2, 0) is 38.2 Å². The molecule has 0 aliphatic carbocycles. The van der Waals surface area contributed by atoms with Gasteiger partial charge in [-0.25, -0.2) is 9.59 Å². The summed E-state index contributed by atoms with van der Waals surface area (Å²) < 4.78 is 32.6. The molecule has 22 nitrogen and oxygen atoms in total. The van der Waals surface area contributed by atoms with Gasteiger partial charge in [-0.1, -0.05) is 24.3 Å². The second-order valence-corrected chi connectivity index (χ2v) is 15.7. The van der Waals surface area contributed by atoms with Gasteiger partial charge in [-0.05, 0) is 60.7 Å². The van der Waals surface area contributed by atoms with Crippen LogP contribution in [0.1, 0.15) is 34.6 Å². The summed E-state index contributed by atoms with van der Waals surface area (Å²) in [6, 6.07) is 22.0. The average molecular weight is 967 g/mol. The molecule has 0 bridgehead atoms. The first-order valence-corrected chi connectivity index (χ1v) is 21.9. The van der Waals surface area contributed by atoms with Crippen LogP contribution in [0.3, 0.4) is 0 Å². The Morgan fingerprint density at radius 3 is 1.04 bits per heavy atom. The molecule has 6 amide bonds. The molecule has 0 radical (unpaired) electrons. The first-order valence-electron chi connectivity index (χ1n) is 21.9. The van der Waals surface area contributed by atoms with Gasteiger partial charge in [0.2, 0.25) is 24.3 Å². The molecule has 0 spiro atoms. The van der Waals surface area contributed by atoms with Crippen molar-refractivity contribution in [2.75, 3.05) is 102 Å². The van der Waals surface area contributed by atoms with Crippen LogP contribution in [0.4, 0.5) is 22.7 Å². The van der Waals surface area contributed by atoms with E-state index in [0.29, 0.717) is 34.1 Å². The van der Waals surface area contributed by atoms with Gasteiger partial charge in [-0.3, -0.25) is 38.6 Å². The van der Waals surface area contributed by atoms with Crippen molar-refractivity contribution in [1.29, 1.82) is 0 Å². The summed E-state index contributed by atoms with van der Waals surface area (Å²) in [5.41, 5.74) is 1.39. The quantitative estimate of drug-likeness (QED) is 0.0931. The van der Waals surface area contributed by atoms with E-state index in [1.54, 1.807) is 72.8 Å². The lowest BCUT2D eigenvalue weighted by Gasteiger charge is -2.38. The average Bonchev–Trinajstić information content (AvgIpc) is 3.37. The van der Waals surface area contributed by atoms with Gasteiger partial charge in [0.1, 0.15) is 0 Å². The van der Waals surface area contributed by atoms with Gasteiger partial charge in [0.15, 0.2) is 23.0 Å². The Morgan fingerprint density at radius 2 is 0.743 bits per heavy atom. The Labute approximate surface area is 403 Å². The van der Waals surface area contributed by atoms with E-state index < -0.39 is 48.0 Å². The van der Waals surface area contributed by atoms with Crippen LogP contribution in [0.5, 0.6) is 23.0 Å². The highest BCUT2D eigenvalue weighted by Crippen LogP contribution is 2.30. The molecule has 2 aliphatic heterocycles. The van der Waals surface area contributed by atoms with Crippen molar-refractivity contribution < 1.29 is 66.8 Å². The number of amides is 6. The molecule has 22 heteroatoms. The number of esters is 2. The van der Waals surface area contributed by atoms with Crippen LogP contribution in [0.2, 0.25) is 0 Å². The second kappa shape index (κ2) is 23.7. The van der Waals surface area contributed by atoms with E-state index in [9.17, 15) is 38.4 Å². The number of ether oxygens (including phenoxy) is 6. The summed E-state index contributed by atoms with van der Waals surface area (Å²) in [7, 11) is 5.83. The first-order chi connectivity index (χ1) is 33.6. The minimum atomic E-state index is -1.80. The summed E-state index contributed by atoms with van der Waals surface area (Å²) in [5.74, 6) is -5.11. The lowest BCUT2D eigenvalue weighted by Crippen LogP contribution is -2.57. The van der Waals surface area contributed by atoms with E-state index in [0.717, 1.165) is 0 Å². The number of rotatable bonds is 16. The van der Waals surface area contributed by atoms with Crippen LogP contribution in [0.15, 0.2) is 84.9 Å². The van der Waals surface area contributed by atoms with Gasteiger partial charge in [0, 0.05) is 77.3 Å². The highest BCUT2D eigenvalue weighted by molar-refractivity contribution is 6.30. The highest BCUT2D eigenvalue weighted by Gasteiger charge is 2.40. The lowest BCUT2D eigenvalue weighted by atomic mass is 10.1. The number of hydrogen-bond acceptors (Lipinski definition) is 16. The Morgan fingerprint density at radius 1 is 0.429 bits per heavy atom. The van der Waals surface area contributed by atoms with Gasteiger partial charge in [-0.2, -0.15) is 0 Å². The maximum absolute atomic E-state index is 14.2. The number of carbonyl (C=O) groups is 8. The Balaban J connectivity index is 1.22. The SMILES string of the molecule is COc1ccc(C(=O)N2CCN(C(OC(=O)C(=O)OC(C(=O)Nc3ccccc3NC(C)=O)N3CCN(C(=O)c4ccc(OC)c(OC)c4)CC3)C(=O)Nc3ccccc3NC(C)=O)CC2)cc1OC. The van der Waals surface area contributed by atoms with Crippen molar-refractivity contribution in [3.05, 3.63) is 96.1 Å². The van der Waals surface area contributed by atoms with Crippen LogP contribution in [-0.4, -0.2) is 160 Å². The van der Waals surface area contributed by atoms with Crippen molar-refractivity contribution >= 4 is 70.1 Å². The number of piperazine rings is 2. The van der Waals surface area contributed by atoms with E-state index in [4.69, 9.17) is 28.4 Å². The molecular formula is C48H54N8O14. The fourth-order valence-corrected chi connectivity index (χ4v) is 7.68. The molecule has 0 aromatic heterocycles. The fraction of sp³-hybridized carbons (Fsp3) is 0.333. The monoisotopic (exact) mass is 966 g/mol. The maximum Gasteiger partial charge on any atom is 0.419 e. The molecule has 2 atom stereocenters. The number of para-hydroxylation sites is 4. The van der Waals surface area contributed by atoms with Gasteiger partial charge >= 0.3 is 11.9 Å². The molecule has 370 valence electrons. The predicted molar refractivity (Wildman–Crippen MR) is 253 cm³/mol. The van der Waals surface area contributed by atoms with E-state index in [1.807, 2.05) is 0 Å². The second-order valence-electron chi connectivity index (χ2n) is 15.7. The molecule has 4 aromatic rings. The Bertz CT molecular complexity index is 2430. The summed E-state index contributed by atoms with van der Waals surface area (Å²) in [6.45, 7) is 2.74. The van der Waals surface area contributed by atoms with Crippen molar-refractivity contribution in [2.24, 2.45) is 0 Å². The van der Waals surface area contributed by atoms with E-state index in [-0.39, 0.29) is 86.9 Å². The zero-order valence-corrected chi connectivity index (χ0v) is 39.4. The van der Waals surface area contributed by atoms with Crippen molar-refractivity contribution in [3.8, 4) is 23.0 Å². The lowest BCUT2D eigenvalue weighted by molar-refractivity contribution is -0.188. The zero-order chi connectivity index (χ0) is 50.5. The number of hydrogen-bond donors (Lipinski definition) is 4. The molecule has 2 fully saturated rings. The largest absolute Gasteiger partial charge is 0.493 e. The predicted octanol–water partition coefficient (Wildman–Crippen LogP) is 2.87. The molecule has 6 rings (SSSR count). The topological polar surface area (TPSA) is 253 Å². The molecular weight excluding hydrogens is 913 g/mol. The summed E-state index contributed by atoms with van der Waals surface area (Å²) in [4.78, 5) is 113. The highest BCUT2D eigenvalue weighted by atomic mass is 16.6. The molecule has 2 saturated heterocycles. The number of anilines is 4. The molecule has 2 aliphatic rings. The van der Waals surface area contributed by atoms with Crippen molar-refractivity contribution in [1.82, 2.24) is 19.6 Å². The minimum Gasteiger partial charge on any atom is -0.493 e. The van der Waals surface area contributed by atoms with Gasteiger partial charge in [0.25, 0.3) is 23.6 Å². The molecule has 2 heterocycles. The number of nitrogens with one attached hydrogen (secondary N) is 4. The summed E-state index contributed by atoms with van der Waals surface area (Å²) >= 11 is 0. The van der Waals surface area contributed by atoms with E-state index >= 15 is 0 Å². The van der Waals surface area contributed by atoms with Crippen molar-refractivity contribution in [3.63, 3.8) is 0 Å². The Kier molecular flexibility index (Phi) is 17.3. The normalized spacial score (nSPS) is 14.7. The summed E-state index contributed by atoms with van der Waals surface area (Å²) in [5, 5.41) is 10.6. The fourth-order valence-electron chi connectivity index (χ4n) is 7.68. The number of benzene rings is 4. The number of carbonyl (C=O) groups excluding carboxylic acids is 8. The van der Waals surface area contributed by atoms with Gasteiger partial charge in [0.05, 0.1) is 51.2 Å². The third-order valence-corrected chi connectivity index (χ3v) is 11.2. The van der Waals surface area contributed by atoms with Crippen molar-refractivity contribution in [2.45, 2.75) is 26.3 Å². The molecule has 2 unspecified atom stereocenters. The number of methoxy groups -OCH3 is 4. The standard InChI is InChI=1S/C48H54N8O14/c1-29(57)49-33-11-7-9-13-35(33)51-41(59)45(55-23-19-53(20-24-55)43(61)31-15-17-37(65-3)39(27-31)67-5)69-47(63)48(64)70-46(42(60)52-36-14-10-8-12-34(36)50-30(2)58)56-25-21-54(22-26-56)44(62)32-16-18-38(66-4)40(28-32)68-6/h7-18,27-28,45-46H,19-26H2,1-6H3,(H,49,57)(H,50,58)(H,51,59)(H,52,60). The van der Waals surface area contributed by atoms with E-state index in [2.05, 4.69) is 21.3 Å². The van der Waals surface area contributed by atoms with Gasteiger partial charge < -0.3 is 59.5 Å². The molecule has 0 saturated carbocycles.